The van der Waals surface area contributed by atoms with E-state index < -0.39 is 0 Å². The Bertz CT molecular complexity index is 295. The third kappa shape index (κ3) is 5.32. The molecule has 1 saturated heterocycles. The van der Waals surface area contributed by atoms with Crippen LogP contribution in [0.5, 0.6) is 0 Å². The smallest absolute Gasteiger partial charge is 0.0610 e. The van der Waals surface area contributed by atoms with Crippen molar-refractivity contribution in [2.45, 2.75) is 50.6 Å². The molecule has 1 aliphatic heterocycles. The van der Waals surface area contributed by atoms with Gasteiger partial charge in [-0.15, -0.1) is 0 Å². The van der Waals surface area contributed by atoms with Crippen LogP contribution in [0.3, 0.4) is 0 Å². The summed E-state index contributed by atoms with van der Waals surface area (Å²) in [5.41, 5.74) is -0.0738. The van der Waals surface area contributed by atoms with Gasteiger partial charge in [-0.2, -0.15) is 0 Å². The molecule has 2 rings (SSSR count). The highest BCUT2D eigenvalue weighted by Crippen LogP contribution is 2.24. The molecule has 0 aromatic heterocycles. The van der Waals surface area contributed by atoms with Crippen LogP contribution < -0.4 is 5.32 Å². The Kier molecular flexibility index (Phi) is 5.84. The Morgan fingerprint density at radius 2 is 2.10 bits per heavy atom. The summed E-state index contributed by atoms with van der Waals surface area (Å²) in [4.78, 5) is 4.90. The van der Waals surface area contributed by atoms with Gasteiger partial charge in [-0.25, -0.2) is 0 Å². The Morgan fingerprint density at radius 1 is 1.35 bits per heavy atom. The second-order valence-corrected chi connectivity index (χ2v) is 7.42. The first-order chi connectivity index (χ1) is 9.50. The molecule has 0 radical (unpaired) electrons. The Morgan fingerprint density at radius 3 is 2.65 bits per heavy atom. The standard InChI is InChI=1S/C16H33N3O/c1-16(13-20,17-15-5-6-15)8-4-9-18(2)11-14-7-10-19(3)12-14/h14-15,17,20H,4-13H2,1-3H3. The molecule has 0 spiro atoms. The van der Waals surface area contributed by atoms with Gasteiger partial charge in [0, 0.05) is 24.7 Å². The highest BCUT2D eigenvalue weighted by molar-refractivity contribution is 4.92. The molecule has 0 bridgehead atoms. The van der Waals surface area contributed by atoms with Crippen molar-refractivity contribution >= 4 is 0 Å². The minimum Gasteiger partial charge on any atom is -0.394 e. The van der Waals surface area contributed by atoms with Crippen molar-refractivity contribution < 1.29 is 5.11 Å². The maximum Gasteiger partial charge on any atom is 0.0610 e. The summed E-state index contributed by atoms with van der Waals surface area (Å²) in [5.74, 6) is 0.846. The molecule has 2 aliphatic rings. The van der Waals surface area contributed by atoms with Crippen molar-refractivity contribution in [3.8, 4) is 0 Å². The predicted molar refractivity (Wildman–Crippen MR) is 84.0 cm³/mol. The van der Waals surface area contributed by atoms with Gasteiger partial charge in [0.15, 0.2) is 0 Å². The highest BCUT2D eigenvalue weighted by Gasteiger charge is 2.31. The molecule has 1 saturated carbocycles. The predicted octanol–water partition coefficient (Wildman–Crippen LogP) is 1.15. The lowest BCUT2D eigenvalue weighted by Crippen LogP contribution is -2.47. The lowest BCUT2D eigenvalue weighted by Gasteiger charge is -2.30. The molecule has 0 amide bonds. The number of nitrogens with zero attached hydrogens (tertiary/aromatic N) is 2. The molecule has 4 nitrogen and oxygen atoms in total. The van der Waals surface area contributed by atoms with Gasteiger partial charge in [0.25, 0.3) is 0 Å². The second kappa shape index (κ2) is 7.21. The van der Waals surface area contributed by atoms with Crippen LogP contribution >= 0.6 is 0 Å². The number of nitrogens with one attached hydrogen (secondary N) is 1. The average molecular weight is 283 g/mol. The van der Waals surface area contributed by atoms with Gasteiger partial charge in [0.2, 0.25) is 0 Å². The van der Waals surface area contributed by atoms with Crippen LogP contribution in [0.15, 0.2) is 0 Å². The number of hydrogen-bond acceptors (Lipinski definition) is 4. The second-order valence-electron chi connectivity index (χ2n) is 7.42. The van der Waals surface area contributed by atoms with Crippen molar-refractivity contribution in [2.75, 3.05) is 46.9 Å². The molecular weight excluding hydrogens is 250 g/mol. The van der Waals surface area contributed by atoms with E-state index in [9.17, 15) is 5.11 Å². The number of aliphatic hydroxyl groups excluding tert-OH is 1. The highest BCUT2D eigenvalue weighted by atomic mass is 16.3. The summed E-state index contributed by atoms with van der Waals surface area (Å²) in [7, 11) is 4.46. The van der Waals surface area contributed by atoms with Crippen LogP contribution in [-0.2, 0) is 0 Å². The maximum atomic E-state index is 9.60. The fourth-order valence-electron chi connectivity index (χ4n) is 3.36. The lowest BCUT2D eigenvalue weighted by molar-refractivity contribution is 0.155. The van der Waals surface area contributed by atoms with Gasteiger partial charge >= 0.3 is 0 Å². The maximum absolute atomic E-state index is 9.60. The molecule has 1 heterocycles. The van der Waals surface area contributed by atoms with Crippen LogP contribution in [0, 0.1) is 5.92 Å². The van der Waals surface area contributed by atoms with Gasteiger partial charge in [0.1, 0.15) is 0 Å². The molecule has 0 aromatic carbocycles. The topological polar surface area (TPSA) is 38.7 Å². The molecule has 2 atom stereocenters. The summed E-state index contributed by atoms with van der Waals surface area (Å²) < 4.78 is 0. The quantitative estimate of drug-likeness (QED) is 0.666. The number of aliphatic hydroxyl groups is 1. The Balaban J connectivity index is 1.61. The minimum absolute atomic E-state index is 0.0738. The molecule has 2 N–H and O–H groups in total. The van der Waals surface area contributed by atoms with E-state index in [0.29, 0.717) is 6.04 Å². The van der Waals surface area contributed by atoms with E-state index in [1.807, 2.05) is 0 Å². The van der Waals surface area contributed by atoms with Gasteiger partial charge in [-0.3, -0.25) is 0 Å². The SMILES string of the molecule is CN(CCCC(C)(CO)NC1CC1)CC1CCN(C)C1. The lowest BCUT2D eigenvalue weighted by atomic mass is 9.96. The first kappa shape index (κ1) is 16.2. The molecular formula is C16H33N3O. The van der Waals surface area contributed by atoms with Crippen LogP contribution in [0.25, 0.3) is 0 Å². The minimum atomic E-state index is -0.0738. The first-order valence-corrected chi connectivity index (χ1v) is 8.26. The molecule has 1 aliphatic carbocycles. The van der Waals surface area contributed by atoms with E-state index in [0.717, 1.165) is 25.3 Å². The van der Waals surface area contributed by atoms with Gasteiger partial charge in [0.05, 0.1) is 6.61 Å². The van der Waals surface area contributed by atoms with E-state index >= 15 is 0 Å². The number of hydrogen-bond donors (Lipinski definition) is 2. The van der Waals surface area contributed by atoms with Crippen molar-refractivity contribution in [3.63, 3.8) is 0 Å². The largest absolute Gasteiger partial charge is 0.394 e. The summed E-state index contributed by atoms with van der Waals surface area (Å²) >= 11 is 0. The van der Waals surface area contributed by atoms with Crippen LogP contribution in [0.2, 0.25) is 0 Å². The van der Waals surface area contributed by atoms with E-state index in [2.05, 4.69) is 36.1 Å². The van der Waals surface area contributed by atoms with Crippen LogP contribution in [0.4, 0.5) is 0 Å². The third-order valence-electron chi connectivity index (χ3n) is 4.81. The van der Waals surface area contributed by atoms with Crippen molar-refractivity contribution in [1.82, 2.24) is 15.1 Å². The molecule has 20 heavy (non-hydrogen) atoms. The third-order valence-corrected chi connectivity index (χ3v) is 4.81. The van der Waals surface area contributed by atoms with Crippen molar-refractivity contribution in [2.24, 2.45) is 5.92 Å². The molecule has 2 unspecified atom stereocenters. The summed E-state index contributed by atoms with van der Waals surface area (Å²) in [6, 6.07) is 0.666. The van der Waals surface area contributed by atoms with Crippen molar-refractivity contribution in [3.05, 3.63) is 0 Å². The van der Waals surface area contributed by atoms with Crippen LogP contribution in [-0.4, -0.2) is 73.4 Å². The van der Waals surface area contributed by atoms with Gasteiger partial charge in [-0.05, 0) is 72.1 Å². The van der Waals surface area contributed by atoms with Gasteiger partial charge in [-0.1, -0.05) is 0 Å². The molecule has 0 aromatic rings. The summed E-state index contributed by atoms with van der Waals surface area (Å²) in [5, 5.41) is 13.2. The normalized spacial score (nSPS) is 27.1. The fraction of sp³-hybridized carbons (Fsp3) is 1.00. The summed E-state index contributed by atoms with van der Waals surface area (Å²) in [6.07, 6.45) is 6.14. The Hall–Kier alpha value is -0.160. The molecule has 4 heteroatoms. The van der Waals surface area contributed by atoms with Crippen molar-refractivity contribution in [1.29, 1.82) is 0 Å². The first-order valence-electron chi connectivity index (χ1n) is 8.26. The monoisotopic (exact) mass is 283 g/mol. The summed E-state index contributed by atoms with van der Waals surface area (Å²) in [6.45, 7) is 7.28. The average Bonchev–Trinajstić information content (AvgIpc) is 3.11. The van der Waals surface area contributed by atoms with Gasteiger partial charge < -0.3 is 20.2 Å². The van der Waals surface area contributed by atoms with E-state index in [4.69, 9.17) is 0 Å². The number of rotatable bonds is 9. The zero-order valence-corrected chi connectivity index (χ0v) is 13.6. The molecule has 2 fully saturated rings. The van der Waals surface area contributed by atoms with E-state index in [1.54, 1.807) is 0 Å². The Labute approximate surface area is 124 Å². The zero-order valence-electron chi connectivity index (χ0n) is 13.6. The zero-order chi connectivity index (χ0) is 14.6. The van der Waals surface area contributed by atoms with Crippen LogP contribution in [0.1, 0.15) is 39.0 Å². The van der Waals surface area contributed by atoms with E-state index in [1.165, 1.54) is 38.9 Å². The molecule has 118 valence electrons. The number of likely N-dealkylation sites (tertiary alicyclic amines) is 1. The fourth-order valence-corrected chi connectivity index (χ4v) is 3.36. The van der Waals surface area contributed by atoms with E-state index in [-0.39, 0.29) is 12.1 Å².